The van der Waals surface area contributed by atoms with E-state index in [1.807, 2.05) is 22.9 Å². The summed E-state index contributed by atoms with van der Waals surface area (Å²) in [7, 11) is 1.37. The van der Waals surface area contributed by atoms with Crippen molar-refractivity contribution in [2.24, 2.45) is 0 Å². The van der Waals surface area contributed by atoms with Crippen LogP contribution >= 0.6 is 11.3 Å². The number of aryl methyl sites for hydroxylation is 1. The summed E-state index contributed by atoms with van der Waals surface area (Å²) >= 11 is 1.46. The number of aromatic nitrogens is 3. The van der Waals surface area contributed by atoms with Crippen molar-refractivity contribution in [1.82, 2.24) is 14.8 Å². The third kappa shape index (κ3) is 3.69. The summed E-state index contributed by atoms with van der Waals surface area (Å²) in [6.45, 7) is 2.62. The van der Waals surface area contributed by atoms with E-state index in [4.69, 9.17) is 14.6 Å². The van der Waals surface area contributed by atoms with Crippen LogP contribution in [0.2, 0.25) is 0 Å². The van der Waals surface area contributed by atoms with E-state index in [9.17, 15) is 9.59 Å². The molecule has 3 aromatic rings. The fraction of sp³-hybridized carbons (Fsp3) is 0.304. The number of esters is 1. The molecular weight excluding hydrogens is 428 g/mol. The van der Waals surface area contributed by atoms with Gasteiger partial charge in [0.15, 0.2) is 5.13 Å². The summed E-state index contributed by atoms with van der Waals surface area (Å²) in [6.07, 6.45) is 4.53. The number of hydrogen-bond acceptors (Lipinski definition) is 7. The molecule has 5 rings (SSSR count). The van der Waals surface area contributed by atoms with Gasteiger partial charge in [-0.25, -0.2) is 9.78 Å². The van der Waals surface area contributed by atoms with Gasteiger partial charge in [0.05, 0.1) is 42.1 Å². The molecule has 9 heteroatoms. The normalized spacial score (nSPS) is 14.2. The minimum atomic E-state index is -0.371. The molecule has 1 amide bonds. The van der Waals surface area contributed by atoms with Crippen LogP contribution in [-0.2, 0) is 33.7 Å². The predicted octanol–water partition coefficient (Wildman–Crippen LogP) is 3.66. The van der Waals surface area contributed by atoms with Gasteiger partial charge < -0.3 is 14.8 Å². The van der Waals surface area contributed by atoms with Gasteiger partial charge in [0.1, 0.15) is 11.5 Å². The number of nitrogens with zero attached hydrogens (tertiary/aromatic N) is 3. The van der Waals surface area contributed by atoms with Crippen molar-refractivity contribution >= 4 is 34.1 Å². The van der Waals surface area contributed by atoms with E-state index in [0.717, 1.165) is 58.1 Å². The summed E-state index contributed by atoms with van der Waals surface area (Å²) < 4.78 is 12.6. The third-order valence-corrected chi connectivity index (χ3v) is 6.50. The van der Waals surface area contributed by atoms with Crippen LogP contribution in [0, 0.1) is 0 Å². The van der Waals surface area contributed by atoms with Crippen molar-refractivity contribution in [2.75, 3.05) is 19.0 Å². The number of thiazole rings is 1. The number of rotatable bonds is 5. The van der Waals surface area contributed by atoms with E-state index in [2.05, 4.69) is 16.4 Å². The number of carbonyl (C=O) groups is 2. The number of anilines is 1. The molecule has 164 valence electrons. The number of nitrogens with one attached hydrogen (secondary N) is 1. The zero-order valence-electron chi connectivity index (χ0n) is 17.8. The molecule has 0 atom stereocenters. The molecule has 0 radical (unpaired) electrons. The van der Waals surface area contributed by atoms with E-state index in [-0.39, 0.29) is 11.9 Å². The molecule has 0 saturated carbocycles. The van der Waals surface area contributed by atoms with Crippen LogP contribution in [0.4, 0.5) is 5.13 Å². The van der Waals surface area contributed by atoms with Crippen molar-refractivity contribution in [3.63, 3.8) is 0 Å². The summed E-state index contributed by atoms with van der Waals surface area (Å²) in [5.41, 5.74) is 5.39. The van der Waals surface area contributed by atoms with Crippen LogP contribution in [0.3, 0.4) is 0 Å². The van der Waals surface area contributed by atoms with E-state index in [1.165, 1.54) is 25.4 Å². The van der Waals surface area contributed by atoms with Gasteiger partial charge in [-0.3, -0.25) is 9.48 Å². The number of benzene rings is 1. The Labute approximate surface area is 188 Å². The first-order chi connectivity index (χ1) is 15.5. The summed E-state index contributed by atoms with van der Waals surface area (Å²) in [4.78, 5) is 29.2. The Bertz CT molecular complexity index is 1260. The molecule has 0 spiro atoms. The first-order valence-corrected chi connectivity index (χ1v) is 11.2. The van der Waals surface area contributed by atoms with Gasteiger partial charge >= 0.3 is 5.97 Å². The molecule has 32 heavy (non-hydrogen) atoms. The third-order valence-electron chi connectivity index (χ3n) is 5.48. The van der Waals surface area contributed by atoms with Crippen LogP contribution in [0.15, 0.2) is 30.3 Å². The monoisotopic (exact) mass is 450 g/mol. The zero-order valence-corrected chi connectivity index (χ0v) is 18.6. The second-order valence-corrected chi connectivity index (χ2v) is 8.71. The van der Waals surface area contributed by atoms with E-state index in [1.54, 1.807) is 6.07 Å². The van der Waals surface area contributed by atoms with Gasteiger partial charge in [-0.1, -0.05) is 23.5 Å². The Hall–Kier alpha value is -3.46. The first kappa shape index (κ1) is 20.4. The quantitative estimate of drug-likeness (QED) is 0.596. The average molecular weight is 451 g/mol. The van der Waals surface area contributed by atoms with Crippen LogP contribution in [0.5, 0.6) is 0 Å². The first-order valence-electron chi connectivity index (χ1n) is 10.4. The number of ether oxygens (including phenoxy) is 2. The van der Waals surface area contributed by atoms with Gasteiger partial charge in [0.25, 0.3) is 0 Å². The SMILES string of the molecule is COC(=O)c1cccc(Cn2nc(C3=CCCO3)c3c2-c2sc(NC(C)=O)nc2CC3)c1. The van der Waals surface area contributed by atoms with Gasteiger partial charge in [0, 0.05) is 18.9 Å². The lowest BCUT2D eigenvalue weighted by atomic mass is 9.97. The van der Waals surface area contributed by atoms with Crippen LogP contribution in [0.25, 0.3) is 16.3 Å². The van der Waals surface area contributed by atoms with E-state index >= 15 is 0 Å². The van der Waals surface area contributed by atoms with Gasteiger partial charge in [-0.05, 0) is 36.6 Å². The molecule has 2 aliphatic rings. The highest BCUT2D eigenvalue weighted by molar-refractivity contribution is 7.19. The lowest BCUT2D eigenvalue weighted by Crippen LogP contribution is -2.09. The van der Waals surface area contributed by atoms with Crippen molar-refractivity contribution in [1.29, 1.82) is 0 Å². The van der Waals surface area contributed by atoms with E-state index in [0.29, 0.717) is 23.8 Å². The molecule has 8 nitrogen and oxygen atoms in total. The van der Waals surface area contributed by atoms with Crippen molar-refractivity contribution in [3.05, 3.63) is 58.4 Å². The van der Waals surface area contributed by atoms with Gasteiger partial charge in [-0.15, -0.1) is 0 Å². The maximum atomic E-state index is 12.0. The van der Waals surface area contributed by atoms with Crippen LogP contribution < -0.4 is 5.32 Å². The Morgan fingerprint density at radius 1 is 1.31 bits per heavy atom. The number of fused-ring (bicyclic) bond motifs is 3. The maximum absolute atomic E-state index is 12.0. The molecule has 1 aliphatic heterocycles. The lowest BCUT2D eigenvalue weighted by Gasteiger charge is -2.14. The van der Waals surface area contributed by atoms with Crippen molar-refractivity contribution in [2.45, 2.75) is 32.7 Å². The van der Waals surface area contributed by atoms with Crippen molar-refractivity contribution in [3.8, 4) is 10.6 Å². The highest BCUT2D eigenvalue weighted by Crippen LogP contribution is 2.43. The Balaban J connectivity index is 1.60. The van der Waals surface area contributed by atoms with Gasteiger partial charge in [0.2, 0.25) is 5.91 Å². The molecule has 1 N–H and O–H groups in total. The summed E-state index contributed by atoms with van der Waals surface area (Å²) in [6, 6.07) is 7.36. The number of hydrogen-bond donors (Lipinski definition) is 1. The number of methoxy groups -OCH3 is 1. The highest BCUT2D eigenvalue weighted by Gasteiger charge is 2.31. The summed E-state index contributed by atoms with van der Waals surface area (Å²) in [5.74, 6) is 0.303. The van der Waals surface area contributed by atoms with Gasteiger partial charge in [-0.2, -0.15) is 5.10 Å². The minimum absolute atomic E-state index is 0.144. The number of amides is 1. The zero-order chi connectivity index (χ0) is 22.2. The molecule has 1 aromatic carbocycles. The smallest absolute Gasteiger partial charge is 0.337 e. The fourth-order valence-electron chi connectivity index (χ4n) is 4.13. The molecule has 0 unspecified atom stereocenters. The average Bonchev–Trinajstić information content (AvgIpc) is 3.51. The second kappa shape index (κ2) is 8.23. The topological polar surface area (TPSA) is 95.3 Å². The largest absolute Gasteiger partial charge is 0.491 e. The van der Waals surface area contributed by atoms with Crippen molar-refractivity contribution < 1.29 is 19.1 Å². The lowest BCUT2D eigenvalue weighted by molar-refractivity contribution is -0.114. The highest BCUT2D eigenvalue weighted by atomic mass is 32.1. The molecular formula is C23H22N4O4S. The fourth-order valence-corrected chi connectivity index (χ4v) is 5.26. The molecule has 0 bridgehead atoms. The minimum Gasteiger partial charge on any atom is -0.491 e. The second-order valence-electron chi connectivity index (χ2n) is 7.71. The Kier molecular flexibility index (Phi) is 5.26. The molecule has 1 aliphatic carbocycles. The Morgan fingerprint density at radius 2 is 2.19 bits per heavy atom. The molecule has 2 aromatic heterocycles. The standard InChI is InChI=1S/C23H22N4O4S/c1-13(28)24-23-25-17-9-8-16-19(18-7-4-10-31-18)26-27(20(16)21(17)32-23)12-14-5-3-6-15(11-14)22(29)30-2/h3,5-7,11H,4,8-10,12H2,1-2H3,(H,24,25,28). The summed E-state index contributed by atoms with van der Waals surface area (Å²) in [5, 5.41) is 8.32. The van der Waals surface area contributed by atoms with Crippen LogP contribution in [0.1, 0.15) is 46.2 Å². The molecule has 3 heterocycles. The maximum Gasteiger partial charge on any atom is 0.337 e. The predicted molar refractivity (Wildman–Crippen MR) is 120 cm³/mol. The molecule has 0 saturated heterocycles. The van der Waals surface area contributed by atoms with E-state index < -0.39 is 0 Å². The number of carbonyl (C=O) groups excluding carboxylic acids is 2. The molecule has 0 fully saturated rings. The van der Waals surface area contributed by atoms with Crippen LogP contribution in [-0.4, -0.2) is 40.4 Å². The Morgan fingerprint density at radius 3 is 2.94 bits per heavy atom.